The van der Waals surface area contributed by atoms with E-state index < -0.39 is 75.0 Å². The number of carbonyl (C=O) groups is 1. The van der Waals surface area contributed by atoms with Crippen LogP contribution in [0.5, 0.6) is 0 Å². The topological polar surface area (TPSA) is 55.4 Å². The molecule has 3 atom stereocenters. The molecule has 206 valence electrons. The molecule has 0 heterocycles. The van der Waals surface area contributed by atoms with Gasteiger partial charge in [-0.15, -0.1) is 0 Å². The fraction of sp³-hybridized carbons (Fsp3) is 0.500. The molecule has 11 heteroatoms. The Morgan fingerprint density at radius 2 is 1.62 bits per heavy atom. The summed E-state index contributed by atoms with van der Waals surface area (Å²) in [6.45, 7) is 10.7. The van der Waals surface area contributed by atoms with Crippen LogP contribution in [0.4, 0.5) is 26.3 Å². The average Bonchev–Trinajstić information content (AvgIpc) is 2.77. The zero-order valence-electron chi connectivity index (χ0n) is 21.7. The molecule has 0 amide bonds. The summed E-state index contributed by atoms with van der Waals surface area (Å²) in [4.78, 5) is 12.3. The quantitative estimate of drug-likeness (QED) is 0.270. The maximum absolute atomic E-state index is 16.1. The van der Waals surface area contributed by atoms with Crippen LogP contribution in [0.15, 0.2) is 12.1 Å². The smallest absolute Gasteiger partial charge is 0.419 e. The first-order valence-corrected chi connectivity index (χ1v) is 12.9. The highest BCUT2D eigenvalue weighted by Crippen LogP contribution is 2.42. The lowest BCUT2D eigenvalue weighted by molar-refractivity contribution is -0.143. The third-order valence-corrected chi connectivity index (χ3v) is 8.14. The minimum Gasteiger partial charge on any atom is -0.466 e. The Kier molecular flexibility index (Phi) is 9.98. The molecule has 0 spiro atoms. The predicted octanol–water partition coefficient (Wildman–Crippen LogP) is 7.01. The number of hydrogen-bond acceptors (Lipinski definition) is 3. The summed E-state index contributed by atoms with van der Waals surface area (Å²) in [5.74, 6) is -5.04. The number of hydrogen-bond donors (Lipinski definition) is 1. The van der Waals surface area contributed by atoms with E-state index in [-0.39, 0.29) is 34.8 Å². The van der Waals surface area contributed by atoms with Gasteiger partial charge in [-0.05, 0) is 74.9 Å². The lowest BCUT2D eigenvalue weighted by Crippen LogP contribution is -2.35. The highest BCUT2D eigenvalue weighted by molar-refractivity contribution is 7.83. The molecule has 2 aromatic carbocycles. The molecule has 2 unspecified atom stereocenters. The molecule has 0 fully saturated rings. The Balaban J connectivity index is 2.92. The first kappa shape index (κ1) is 30.8. The Labute approximate surface area is 215 Å². The van der Waals surface area contributed by atoms with Crippen LogP contribution in [-0.2, 0) is 26.7 Å². The number of nitrogens with one attached hydrogen (secondary N) is 1. The van der Waals surface area contributed by atoms with E-state index in [0.717, 1.165) is 6.07 Å². The van der Waals surface area contributed by atoms with Crippen LogP contribution in [0, 0.1) is 44.1 Å². The predicted molar refractivity (Wildman–Crippen MR) is 131 cm³/mol. The number of benzene rings is 2. The maximum Gasteiger partial charge on any atom is 0.419 e. The Bertz CT molecular complexity index is 1200. The molecule has 0 aromatic heterocycles. The van der Waals surface area contributed by atoms with E-state index in [9.17, 15) is 26.6 Å². The summed E-state index contributed by atoms with van der Waals surface area (Å²) in [7, 11) is -1.98. The zero-order chi connectivity index (χ0) is 28.4. The average molecular weight is 552 g/mol. The Hall–Kier alpha value is -2.40. The monoisotopic (exact) mass is 551 g/mol. The molecule has 0 radical (unpaired) electrons. The van der Waals surface area contributed by atoms with Crippen molar-refractivity contribution in [1.82, 2.24) is 4.72 Å². The molecule has 0 saturated heterocycles. The fourth-order valence-electron chi connectivity index (χ4n) is 3.88. The third-order valence-electron chi connectivity index (χ3n) is 6.40. The van der Waals surface area contributed by atoms with Crippen molar-refractivity contribution in [3.8, 4) is 11.1 Å². The van der Waals surface area contributed by atoms with E-state index in [1.807, 2.05) is 0 Å². The molecule has 0 aliphatic heterocycles. The van der Waals surface area contributed by atoms with Crippen LogP contribution in [0.25, 0.3) is 11.1 Å². The van der Waals surface area contributed by atoms with E-state index in [2.05, 4.69) is 4.72 Å². The number of ether oxygens (including phenoxy) is 1. The summed E-state index contributed by atoms with van der Waals surface area (Å²) in [5.41, 5.74) is -3.10. The van der Waals surface area contributed by atoms with Gasteiger partial charge in [0.25, 0.3) is 0 Å². The highest BCUT2D eigenvalue weighted by Gasteiger charge is 2.40. The van der Waals surface area contributed by atoms with E-state index in [1.165, 1.54) is 27.7 Å². The van der Waals surface area contributed by atoms with Gasteiger partial charge in [0.1, 0.15) is 17.5 Å². The minimum absolute atomic E-state index is 0.0327. The van der Waals surface area contributed by atoms with Crippen molar-refractivity contribution >= 4 is 17.0 Å². The van der Waals surface area contributed by atoms with Gasteiger partial charge >= 0.3 is 12.1 Å². The highest BCUT2D eigenvalue weighted by atomic mass is 32.2. The van der Waals surface area contributed by atoms with Crippen molar-refractivity contribution in [3.05, 3.63) is 57.4 Å². The summed E-state index contributed by atoms with van der Waals surface area (Å²) in [6, 6.07) is -0.346. The second kappa shape index (κ2) is 12.0. The van der Waals surface area contributed by atoms with E-state index in [0.29, 0.717) is 6.07 Å². The van der Waals surface area contributed by atoms with Gasteiger partial charge in [0.2, 0.25) is 0 Å². The normalized spacial score (nSPS) is 14.5. The van der Waals surface area contributed by atoms with Crippen molar-refractivity contribution in [3.63, 3.8) is 0 Å². The molecule has 0 saturated carbocycles. The first-order chi connectivity index (χ1) is 17.0. The van der Waals surface area contributed by atoms with Crippen LogP contribution in [0.2, 0.25) is 0 Å². The first-order valence-electron chi connectivity index (χ1n) is 11.7. The molecular formula is C26H31F6NO3S. The third kappa shape index (κ3) is 6.73. The van der Waals surface area contributed by atoms with Gasteiger partial charge in [-0.2, -0.15) is 13.2 Å². The van der Waals surface area contributed by atoms with Crippen molar-refractivity contribution in [2.45, 2.75) is 72.4 Å². The number of alkyl halides is 3. The van der Waals surface area contributed by atoms with Gasteiger partial charge in [-0.3, -0.25) is 4.79 Å². The lowest BCUT2D eigenvalue weighted by atomic mass is 9.88. The van der Waals surface area contributed by atoms with Gasteiger partial charge in [0.05, 0.1) is 35.6 Å². The molecular weight excluding hydrogens is 520 g/mol. The van der Waals surface area contributed by atoms with E-state index >= 15 is 8.78 Å². The van der Waals surface area contributed by atoms with Crippen LogP contribution in [0.1, 0.15) is 68.0 Å². The molecule has 37 heavy (non-hydrogen) atoms. The van der Waals surface area contributed by atoms with Crippen molar-refractivity contribution < 1.29 is 40.1 Å². The summed E-state index contributed by atoms with van der Waals surface area (Å²) in [6.07, 6.45) is -6.00. The number of rotatable bonds is 9. The summed E-state index contributed by atoms with van der Waals surface area (Å²) >= 11 is 0. The molecule has 0 aliphatic rings. The zero-order valence-corrected chi connectivity index (χ0v) is 22.5. The number of carbonyl (C=O) groups excluding carboxylic acids is 1. The molecule has 0 aliphatic carbocycles. The molecule has 1 N–H and O–H groups in total. The van der Waals surface area contributed by atoms with Gasteiger partial charge in [-0.1, -0.05) is 13.8 Å². The fourth-order valence-corrected chi connectivity index (χ4v) is 5.07. The minimum atomic E-state index is -5.23. The second-order valence-electron chi connectivity index (χ2n) is 9.24. The van der Waals surface area contributed by atoms with E-state index in [1.54, 1.807) is 20.8 Å². The Morgan fingerprint density at radius 1 is 1.03 bits per heavy atom. The second-order valence-corrected chi connectivity index (χ2v) is 10.8. The number of halogens is 6. The maximum atomic E-state index is 16.1. The largest absolute Gasteiger partial charge is 0.466 e. The molecule has 4 nitrogen and oxygen atoms in total. The summed E-state index contributed by atoms with van der Waals surface area (Å²) < 4.78 is 108. The van der Waals surface area contributed by atoms with Crippen molar-refractivity contribution in [1.29, 1.82) is 0 Å². The van der Waals surface area contributed by atoms with Gasteiger partial charge in [0, 0.05) is 16.4 Å². The molecule has 0 bridgehead atoms. The van der Waals surface area contributed by atoms with Crippen LogP contribution in [0.3, 0.4) is 0 Å². The van der Waals surface area contributed by atoms with Gasteiger partial charge < -0.3 is 4.74 Å². The van der Waals surface area contributed by atoms with Crippen LogP contribution in [-0.4, -0.2) is 22.0 Å². The molecule has 2 rings (SSSR count). The van der Waals surface area contributed by atoms with Crippen molar-refractivity contribution in [2.24, 2.45) is 5.92 Å². The van der Waals surface area contributed by atoms with Gasteiger partial charge in [-0.25, -0.2) is 22.1 Å². The standard InChI is InChI=1S/C26H31F6NO3S/c1-8-36-21(34)11-20(33-37(35)16(7)12(2)3)23-24(28)17(10-18(25(23)29)26(30,31)32)22-13(4)9-19(27)14(5)15(22)6/h9-10,12,16,20,33H,8,11H2,1-7H3/t16?,20-,37?/m0/s1. The van der Waals surface area contributed by atoms with E-state index in [4.69, 9.17) is 4.74 Å². The SMILES string of the molecule is CCOC(=O)C[C@H](NS(=O)C(C)C(C)C)c1c(F)c(-c2c(C)cc(F)c(C)c2C)cc(C(F)(F)F)c1F. The number of aryl methyl sites for hydroxylation is 1. The van der Waals surface area contributed by atoms with Crippen LogP contribution >= 0.6 is 0 Å². The summed E-state index contributed by atoms with van der Waals surface area (Å²) in [5, 5.41) is -0.565. The molecule has 2 aromatic rings. The Morgan fingerprint density at radius 3 is 2.14 bits per heavy atom. The van der Waals surface area contributed by atoms with Crippen LogP contribution < -0.4 is 4.72 Å². The van der Waals surface area contributed by atoms with Crippen molar-refractivity contribution in [2.75, 3.05) is 6.61 Å². The number of esters is 1. The lowest BCUT2D eigenvalue weighted by Gasteiger charge is -2.26. The van der Waals surface area contributed by atoms with Gasteiger partial charge in [0.15, 0.2) is 0 Å².